The zero-order valence-electron chi connectivity index (χ0n) is 16.9. The summed E-state index contributed by atoms with van der Waals surface area (Å²) in [5, 5.41) is 11.4. The molecule has 4 rings (SSSR count). The van der Waals surface area contributed by atoms with Gasteiger partial charge < -0.3 is 23.9 Å². The molecule has 1 amide bonds. The number of hydrogen-bond donors (Lipinski definition) is 1. The molecule has 31 heavy (non-hydrogen) atoms. The molecule has 7 nitrogen and oxygen atoms in total. The third-order valence-corrected chi connectivity index (χ3v) is 5.69. The van der Waals surface area contributed by atoms with E-state index < -0.39 is 23.5 Å². The van der Waals surface area contributed by atoms with Gasteiger partial charge in [0.05, 0.1) is 25.3 Å². The Hall–Kier alpha value is -3.10. The van der Waals surface area contributed by atoms with Gasteiger partial charge in [0.2, 0.25) is 5.78 Å². The van der Waals surface area contributed by atoms with Gasteiger partial charge in [0.25, 0.3) is 5.91 Å². The lowest BCUT2D eigenvalue weighted by atomic mass is 9.95. The van der Waals surface area contributed by atoms with Crippen LogP contribution in [0.25, 0.3) is 11.0 Å². The molecule has 1 N–H and O–H groups in total. The summed E-state index contributed by atoms with van der Waals surface area (Å²) in [5.74, 6) is -1.15. The molecule has 8 heteroatoms. The number of furan rings is 1. The standard InChI is InChI=1S/C23H20BrNO6/c1-29-9-8-25-20(13-4-3-5-16(11-13)30-2)19(22(27)23(25)28)21(26)18-12-14-10-15(24)6-7-17(14)31-18/h3-7,10-12,20,27H,8-9H2,1-2H3. The first-order valence-corrected chi connectivity index (χ1v) is 10.3. The van der Waals surface area contributed by atoms with E-state index in [0.717, 1.165) is 9.86 Å². The lowest BCUT2D eigenvalue weighted by Crippen LogP contribution is -2.34. The van der Waals surface area contributed by atoms with Gasteiger partial charge in [-0.3, -0.25) is 9.59 Å². The third kappa shape index (κ3) is 3.84. The van der Waals surface area contributed by atoms with Gasteiger partial charge in [-0.1, -0.05) is 28.1 Å². The van der Waals surface area contributed by atoms with Crippen LogP contribution >= 0.6 is 15.9 Å². The second-order valence-electron chi connectivity index (χ2n) is 7.05. The summed E-state index contributed by atoms with van der Waals surface area (Å²) in [6.07, 6.45) is 0. The van der Waals surface area contributed by atoms with Crippen molar-refractivity contribution in [3.63, 3.8) is 0 Å². The Kier molecular flexibility index (Phi) is 5.84. The number of aliphatic hydroxyl groups is 1. The number of ether oxygens (including phenoxy) is 2. The van der Waals surface area contributed by atoms with Crippen LogP contribution in [0, 0.1) is 0 Å². The second kappa shape index (κ2) is 8.56. The molecule has 1 aliphatic heterocycles. The summed E-state index contributed by atoms with van der Waals surface area (Å²) < 4.78 is 17.0. The van der Waals surface area contributed by atoms with E-state index in [0.29, 0.717) is 16.9 Å². The van der Waals surface area contributed by atoms with E-state index in [-0.39, 0.29) is 24.5 Å². The molecule has 1 aliphatic rings. The first-order chi connectivity index (χ1) is 14.9. The van der Waals surface area contributed by atoms with Crippen LogP contribution in [0.2, 0.25) is 0 Å². The average molecular weight is 486 g/mol. The fraction of sp³-hybridized carbons (Fsp3) is 0.217. The number of hydrogen-bond acceptors (Lipinski definition) is 6. The van der Waals surface area contributed by atoms with E-state index in [9.17, 15) is 14.7 Å². The van der Waals surface area contributed by atoms with Gasteiger partial charge in [0.15, 0.2) is 11.5 Å². The maximum Gasteiger partial charge on any atom is 0.290 e. The molecule has 0 saturated heterocycles. The molecule has 0 bridgehead atoms. The Bertz CT molecular complexity index is 1200. The van der Waals surface area contributed by atoms with Crippen LogP contribution in [0.3, 0.4) is 0 Å². The molecule has 3 aromatic rings. The third-order valence-electron chi connectivity index (χ3n) is 5.20. The summed E-state index contributed by atoms with van der Waals surface area (Å²) in [6, 6.07) is 13.2. The number of methoxy groups -OCH3 is 2. The van der Waals surface area contributed by atoms with Crippen molar-refractivity contribution >= 4 is 38.6 Å². The zero-order chi connectivity index (χ0) is 22.1. The number of benzene rings is 2. The highest BCUT2D eigenvalue weighted by atomic mass is 79.9. The number of rotatable bonds is 7. The van der Waals surface area contributed by atoms with Crippen LogP contribution in [0.15, 0.2) is 68.8 Å². The minimum absolute atomic E-state index is 0.0347. The molecular weight excluding hydrogens is 466 g/mol. The molecule has 0 spiro atoms. The van der Waals surface area contributed by atoms with Crippen molar-refractivity contribution in [1.82, 2.24) is 4.90 Å². The highest BCUT2D eigenvalue weighted by Gasteiger charge is 2.44. The second-order valence-corrected chi connectivity index (χ2v) is 7.97. The van der Waals surface area contributed by atoms with Crippen molar-refractivity contribution in [3.8, 4) is 5.75 Å². The van der Waals surface area contributed by atoms with E-state index in [2.05, 4.69) is 15.9 Å². The van der Waals surface area contributed by atoms with Crippen molar-refractivity contribution in [2.45, 2.75) is 6.04 Å². The molecule has 0 radical (unpaired) electrons. The van der Waals surface area contributed by atoms with Crippen LogP contribution in [0.1, 0.15) is 22.2 Å². The van der Waals surface area contributed by atoms with E-state index in [1.165, 1.54) is 19.1 Å². The van der Waals surface area contributed by atoms with Crippen LogP contribution in [-0.4, -0.2) is 49.1 Å². The number of carbonyl (C=O) groups is 2. The number of Topliss-reactive ketones (excluding diaryl/α,β-unsaturated/α-hetero) is 1. The molecule has 1 aromatic heterocycles. The predicted octanol–water partition coefficient (Wildman–Crippen LogP) is 4.43. The fourth-order valence-corrected chi connectivity index (χ4v) is 4.10. The Morgan fingerprint density at radius 3 is 2.74 bits per heavy atom. The van der Waals surface area contributed by atoms with E-state index in [1.807, 2.05) is 12.1 Å². The number of carbonyl (C=O) groups excluding carboxylic acids is 2. The van der Waals surface area contributed by atoms with Gasteiger partial charge in [0, 0.05) is 23.5 Å². The normalized spacial score (nSPS) is 16.4. The van der Waals surface area contributed by atoms with E-state index in [4.69, 9.17) is 13.9 Å². The summed E-state index contributed by atoms with van der Waals surface area (Å²) in [7, 11) is 3.06. The summed E-state index contributed by atoms with van der Waals surface area (Å²) in [5.41, 5.74) is 1.13. The van der Waals surface area contributed by atoms with Crippen LogP contribution in [-0.2, 0) is 9.53 Å². The quantitative estimate of drug-likeness (QED) is 0.498. The van der Waals surface area contributed by atoms with Crippen LogP contribution < -0.4 is 4.74 Å². The molecule has 2 aromatic carbocycles. The average Bonchev–Trinajstić information content (AvgIpc) is 3.30. The van der Waals surface area contributed by atoms with Crippen LogP contribution in [0.5, 0.6) is 5.75 Å². The lowest BCUT2D eigenvalue weighted by molar-refractivity contribution is -0.130. The Morgan fingerprint density at radius 2 is 2.00 bits per heavy atom. The van der Waals surface area contributed by atoms with Crippen molar-refractivity contribution in [2.24, 2.45) is 0 Å². The largest absolute Gasteiger partial charge is 0.503 e. The topological polar surface area (TPSA) is 89.2 Å². The number of amides is 1. The number of halogens is 1. The van der Waals surface area contributed by atoms with Gasteiger partial charge in [-0.2, -0.15) is 0 Å². The highest BCUT2D eigenvalue weighted by molar-refractivity contribution is 9.10. The lowest BCUT2D eigenvalue weighted by Gasteiger charge is -2.26. The van der Waals surface area contributed by atoms with Crippen molar-refractivity contribution < 1.29 is 28.6 Å². The van der Waals surface area contributed by atoms with E-state index in [1.54, 1.807) is 36.4 Å². The number of nitrogens with zero attached hydrogens (tertiary/aromatic N) is 1. The van der Waals surface area contributed by atoms with Crippen molar-refractivity contribution in [1.29, 1.82) is 0 Å². The first kappa shape index (κ1) is 21.1. The predicted molar refractivity (Wildman–Crippen MR) is 117 cm³/mol. The van der Waals surface area contributed by atoms with Gasteiger partial charge in [-0.05, 0) is 42.0 Å². The van der Waals surface area contributed by atoms with Crippen LogP contribution in [0.4, 0.5) is 0 Å². The number of aliphatic hydroxyl groups excluding tert-OH is 1. The zero-order valence-corrected chi connectivity index (χ0v) is 18.5. The van der Waals surface area contributed by atoms with Gasteiger partial charge in [0.1, 0.15) is 11.3 Å². The molecule has 1 unspecified atom stereocenters. The molecular formula is C23H20BrNO6. The summed E-state index contributed by atoms with van der Waals surface area (Å²) in [6.45, 7) is 0.449. The molecule has 0 fully saturated rings. The molecule has 0 aliphatic carbocycles. The number of fused-ring (bicyclic) bond motifs is 1. The Labute approximate surface area is 187 Å². The van der Waals surface area contributed by atoms with Gasteiger partial charge >= 0.3 is 0 Å². The SMILES string of the molecule is COCCN1C(=O)C(O)=C(C(=O)c2cc3cc(Br)ccc3o2)C1c1cccc(OC)c1. The van der Waals surface area contributed by atoms with Crippen molar-refractivity contribution in [2.75, 3.05) is 27.4 Å². The molecule has 160 valence electrons. The molecule has 0 saturated carbocycles. The number of ketones is 1. The maximum absolute atomic E-state index is 13.5. The minimum Gasteiger partial charge on any atom is -0.503 e. The van der Waals surface area contributed by atoms with Gasteiger partial charge in [-0.25, -0.2) is 0 Å². The first-order valence-electron chi connectivity index (χ1n) is 9.55. The highest BCUT2D eigenvalue weighted by Crippen LogP contribution is 2.40. The maximum atomic E-state index is 13.5. The summed E-state index contributed by atoms with van der Waals surface area (Å²) >= 11 is 3.40. The Morgan fingerprint density at radius 1 is 1.19 bits per heavy atom. The summed E-state index contributed by atoms with van der Waals surface area (Å²) in [4.78, 5) is 27.7. The molecule has 2 heterocycles. The van der Waals surface area contributed by atoms with Crippen molar-refractivity contribution in [3.05, 3.63) is 75.7 Å². The van der Waals surface area contributed by atoms with E-state index >= 15 is 0 Å². The Balaban J connectivity index is 1.81. The minimum atomic E-state index is -0.801. The fourth-order valence-electron chi connectivity index (χ4n) is 3.72. The smallest absolute Gasteiger partial charge is 0.290 e. The molecule has 1 atom stereocenters. The monoisotopic (exact) mass is 485 g/mol. The van der Waals surface area contributed by atoms with Gasteiger partial charge in [-0.15, -0.1) is 0 Å².